The van der Waals surface area contributed by atoms with Crippen molar-refractivity contribution >= 4 is 16.7 Å². The third-order valence-corrected chi connectivity index (χ3v) is 4.82. The summed E-state index contributed by atoms with van der Waals surface area (Å²) < 4.78 is 95.3. The number of alkyl halides is 6. The van der Waals surface area contributed by atoms with Gasteiger partial charge >= 0.3 is 18.0 Å². The molecule has 0 radical (unpaired) electrons. The van der Waals surface area contributed by atoms with Gasteiger partial charge in [-0.05, 0) is 43.0 Å². The van der Waals surface area contributed by atoms with Gasteiger partial charge in [0.2, 0.25) is 0 Å². The molecule has 12 heteroatoms. The molecule has 5 nitrogen and oxygen atoms in total. The van der Waals surface area contributed by atoms with Crippen LogP contribution in [0.4, 0.5) is 36.6 Å². The van der Waals surface area contributed by atoms with Crippen LogP contribution in [-0.2, 0) is 12.4 Å². The summed E-state index contributed by atoms with van der Waals surface area (Å²) in [5, 5.41) is 2.21. The smallest absolute Gasteiger partial charge is 0.369 e. The molecule has 0 bridgehead atoms. The van der Waals surface area contributed by atoms with Crippen molar-refractivity contribution in [2.75, 3.05) is 11.9 Å². The molecule has 0 saturated heterocycles. The molecule has 3 aromatic rings. The molecule has 1 saturated carbocycles. The zero-order valence-electron chi connectivity index (χ0n) is 15.5. The quantitative estimate of drug-likeness (QED) is 0.587. The van der Waals surface area contributed by atoms with Gasteiger partial charge in [0.25, 0.3) is 0 Å². The summed E-state index contributed by atoms with van der Waals surface area (Å²) in [7, 11) is 0. The molecule has 2 aromatic heterocycles. The van der Waals surface area contributed by atoms with Crippen LogP contribution >= 0.6 is 0 Å². The van der Waals surface area contributed by atoms with Crippen molar-refractivity contribution in [1.29, 1.82) is 0 Å². The average Bonchev–Trinajstić information content (AvgIpc) is 3.49. The van der Waals surface area contributed by atoms with E-state index in [1.54, 1.807) is 0 Å². The monoisotopic (exact) mass is 446 g/mol. The van der Waals surface area contributed by atoms with E-state index in [2.05, 4.69) is 15.3 Å². The topological polar surface area (TPSA) is 59.8 Å². The maximum atomic E-state index is 14.8. The first kappa shape index (κ1) is 21.1. The fourth-order valence-corrected chi connectivity index (χ4v) is 3.19. The van der Waals surface area contributed by atoms with Gasteiger partial charge in [-0.15, -0.1) is 0 Å². The molecule has 2 heterocycles. The van der Waals surface area contributed by atoms with Crippen molar-refractivity contribution in [2.24, 2.45) is 5.92 Å². The lowest BCUT2D eigenvalue weighted by Gasteiger charge is -2.18. The number of rotatable bonds is 4. The van der Waals surface area contributed by atoms with Crippen molar-refractivity contribution < 1.29 is 30.7 Å². The van der Waals surface area contributed by atoms with Crippen LogP contribution in [0.25, 0.3) is 16.6 Å². The number of aromatic nitrogens is 3. The highest BCUT2D eigenvalue weighted by molar-refractivity contribution is 5.91. The van der Waals surface area contributed by atoms with Gasteiger partial charge in [0.15, 0.2) is 5.69 Å². The zero-order valence-corrected chi connectivity index (χ0v) is 15.5. The van der Waals surface area contributed by atoms with E-state index in [9.17, 15) is 35.5 Å². The second-order valence-electron chi connectivity index (χ2n) is 7.12. The maximum Gasteiger partial charge on any atom is 0.435 e. The Kier molecular flexibility index (Phi) is 4.90. The molecule has 0 atom stereocenters. The summed E-state index contributed by atoms with van der Waals surface area (Å²) in [5.74, 6) is -1.46. The number of fused-ring (bicyclic) bond motifs is 1. The second kappa shape index (κ2) is 7.20. The number of halogens is 7. The fourth-order valence-electron chi connectivity index (χ4n) is 3.19. The van der Waals surface area contributed by atoms with Gasteiger partial charge in [-0.25, -0.2) is 14.2 Å². The summed E-state index contributed by atoms with van der Waals surface area (Å²) in [6.45, 7) is 0.298. The lowest BCUT2D eigenvalue weighted by Crippen LogP contribution is -2.27. The van der Waals surface area contributed by atoms with Crippen molar-refractivity contribution in [3.63, 3.8) is 0 Å². The average molecular weight is 446 g/mol. The number of nitrogens with zero attached hydrogens (tertiary/aromatic N) is 3. The van der Waals surface area contributed by atoms with Gasteiger partial charge in [-0.1, -0.05) is 0 Å². The van der Waals surface area contributed by atoms with Crippen molar-refractivity contribution in [1.82, 2.24) is 14.5 Å². The van der Waals surface area contributed by atoms with Crippen molar-refractivity contribution in [3.8, 4) is 5.69 Å². The number of benzene rings is 1. The predicted octanol–water partition coefficient (Wildman–Crippen LogP) is 4.78. The van der Waals surface area contributed by atoms with E-state index in [0.717, 1.165) is 31.2 Å². The Morgan fingerprint density at radius 1 is 1.10 bits per heavy atom. The van der Waals surface area contributed by atoms with Crippen LogP contribution in [0.15, 0.2) is 35.3 Å². The van der Waals surface area contributed by atoms with Crippen LogP contribution in [-0.4, -0.2) is 21.1 Å². The van der Waals surface area contributed by atoms with Crippen LogP contribution in [0.1, 0.15) is 24.1 Å². The van der Waals surface area contributed by atoms with Gasteiger partial charge in [-0.2, -0.15) is 31.3 Å². The third kappa shape index (κ3) is 4.06. The van der Waals surface area contributed by atoms with Gasteiger partial charge < -0.3 is 5.32 Å². The maximum absolute atomic E-state index is 14.8. The van der Waals surface area contributed by atoms with Gasteiger partial charge in [0.05, 0.1) is 22.2 Å². The summed E-state index contributed by atoms with van der Waals surface area (Å²) in [6.07, 6.45) is -7.44. The van der Waals surface area contributed by atoms with E-state index >= 15 is 0 Å². The molecule has 164 valence electrons. The Morgan fingerprint density at radius 3 is 2.42 bits per heavy atom. The van der Waals surface area contributed by atoms with Crippen LogP contribution in [0.3, 0.4) is 0 Å². The first-order chi connectivity index (χ1) is 14.5. The summed E-state index contributed by atoms with van der Waals surface area (Å²) >= 11 is 0. The van der Waals surface area contributed by atoms with Gasteiger partial charge in [0, 0.05) is 12.7 Å². The number of nitrogens with one attached hydrogen (secondary N) is 1. The Bertz CT molecular complexity index is 1210. The molecular formula is C19H13F7N4O. The Morgan fingerprint density at radius 2 is 1.81 bits per heavy atom. The molecule has 31 heavy (non-hydrogen) atoms. The molecule has 1 N–H and O–H groups in total. The van der Waals surface area contributed by atoms with E-state index in [0.29, 0.717) is 17.2 Å². The molecule has 0 unspecified atom stereocenters. The minimum absolute atomic E-state index is 0.217. The highest BCUT2D eigenvalue weighted by atomic mass is 19.4. The molecular weight excluding hydrogens is 433 g/mol. The molecule has 1 fully saturated rings. The lowest BCUT2D eigenvalue weighted by atomic mass is 10.1. The first-order valence-electron chi connectivity index (χ1n) is 9.07. The van der Waals surface area contributed by atoms with E-state index in [1.807, 2.05) is 0 Å². The molecule has 0 aliphatic heterocycles. The van der Waals surface area contributed by atoms with E-state index < -0.39 is 51.7 Å². The number of pyridine rings is 1. The lowest BCUT2D eigenvalue weighted by molar-refractivity contribution is -0.141. The van der Waals surface area contributed by atoms with Crippen molar-refractivity contribution in [2.45, 2.75) is 25.2 Å². The molecule has 1 aromatic carbocycles. The predicted molar refractivity (Wildman–Crippen MR) is 96.3 cm³/mol. The number of hydrogen-bond acceptors (Lipinski definition) is 4. The summed E-state index contributed by atoms with van der Waals surface area (Å²) in [4.78, 5) is 19.5. The summed E-state index contributed by atoms with van der Waals surface area (Å²) in [5.41, 5.74) is -5.84. The highest BCUT2D eigenvalue weighted by Gasteiger charge is 2.37. The van der Waals surface area contributed by atoms with E-state index in [1.165, 1.54) is 0 Å². The van der Waals surface area contributed by atoms with E-state index in [-0.39, 0.29) is 17.8 Å². The van der Waals surface area contributed by atoms with Crippen LogP contribution < -0.4 is 11.0 Å². The standard InChI is InChI=1S/C19H13F7N4O/c20-11-6-10(18(21,22)23)7-13-14(11)16(28-8-9-3-4-9)29-17(31)30(13)12-2-1-5-27-15(12)19(24,25)26/h1-2,5-7,9H,3-4,8H2,(H,28,29,31). The van der Waals surface area contributed by atoms with Gasteiger partial charge in [-0.3, -0.25) is 4.57 Å². The zero-order chi connectivity index (χ0) is 22.6. The largest absolute Gasteiger partial charge is 0.435 e. The minimum atomic E-state index is -5.02. The number of hydrogen-bond donors (Lipinski definition) is 1. The molecule has 0 amide bonds. The molecule has 0 spiro atoms. The summed E-state index contributed by atoms with van der Waals surface area (Å²) in [6, 6.07) is 2.58. The fraction of sp³-hybridized carbons (Fsp3) is 0.316. The Balaban J connectivity index is 2.06. The highest BCUT2D eigenvalue weighted by Crippen LogP contribution is 2.37. The van der Waals surface area contributed by atoms with Crippen LogP contribution in [0, 0.1) is 11.7 Å². The molecule has 4 rings (SSSR count). The van der Waals surface area contributed by atoms with Crippen LogP contribution in [0.2, 0.25) is 0 Å². The van der Waals surface area contributed by atoms with E-state index in [4.69, 9.17) is 0 Å². The van der Waals surface area contributed by atoms with Gasteiger partial charge in [0.1, 0.15) is 11.6 Å². The SMILES string of the molecule is O=c1nc(NCC2CC2)c2c(F)cc(C(F)(F)F)cc2n1-c1cccnc1C(F)(F)F. The van der Waals surface area contributed by atoms with Crippen molar-refractivity contribution in [3.05, 3.63) is 58.0 Å². The molecule has 1 aliphatic carbocycles. The minimum Gasteiger partial charge on any atom is -0.369 e. The number of anilines is 1. The first-order valence-corrected chi connectivity index (χ1v) is 9.07. The normalized spacial score (nSPS) is 14.8. The van der Waals surface area contributed by atoms with Crippen LogP contribution in [0.5, 0.6) is 0 Å². The third-order valence-electron chi connectivity index (χ3n) is 4.82. The second-order valence-corrected chi connectivity index (χ2v) is 7.12. The Labute approximate surface area is 169 Å². The Hall–Kier alpha value is -3.18. The molecule has 1 aliphatic rings.